The van der Waals surface area contributed by atoms with E-state index in [1.54, 1.807) is 41.2 Å². The van der Waals surface area contributed by atoms with Gasteiger partial charge in [-0.3, -0.25) is 9.48 Å². The van der Waals surface area contributed by atoms with Gasteiger partial charge in [0.05, 0.1) is 16.9 Å². The topological polar surface area (TPSA) is 86.8 Å². The van der Waals surface area contributed by atoms with Crippen molar-refractivity contribution in [3.63, 3.8) is 0 Å². The molecule has 8 heteroatoms. The standard InChI is InChI=1S/C14H13ClN6O/c1-20-8-9(7-17-20)21-5-4-11(14(21)22)18-13-3-2-10(15)12(6-16)19-13/h2-3,7-8,11H,4-5H2,1H3,(H,18,19). The van der Waals surface area contributed by atoms with Crippen LogP contribution in [0.1, 0.15) is 12.1 Å². The van der Waals surface area contributed by atoms with Gasteiger partial charge < -0.3 is 10.2 Å². The van der Waals surface area contributed by atoms with Gasteiger partial charge in [0.15, 0.2) is 5.69 Å². The van der Waals surface area contributed by atoms with Crippen molar-refractivity contribution in [3.05, 3.63) is 35.2 Å². The molecule has 1 unspecified atom stereocenters. The van der Waals surface area contributed by atoms with Crippen LogP contribution >= 0.6 is 11.6 Å². The van der Waals surface area contributed by atoms with Crippen LogP contribution in [0.15, 0.2) is 24.5 Å². The minimum atomic E-state index is -0.375. The third-order valence-electron chi connectivity index (χ3n) is 3.48. The molecule has 0 saturated carbocycles. The Bertz CT molecular complexity index is 765. The van der Waals surface area contributed by atoms with Gasteiger partial charge in [0.2, 0.25) is 5.91 Å². The van der Waals surface area contributed by atoms with Gasteiger partial charge in [0.25, 0.3) is 0 Å². The first-order valence-corrected chi connectivity index (χ1v) is 7.09. The number of aromatic nitrogens is 3. The van der Waals surface area contributed by atoms with E-state index in [0.717, 1.165) is 5.69 Å². The predicted octanol–water partition coefficient (Wildman–Crippen LogP) is 1.56. The molecule has 3 heterocycles. The van der Waals surface area contributed by atoms with Crippen LogP contribution in [-0.2, 0) is 11.8 Å². The first-order valence-electron chi connectivity index (χ1n) is 6.71. The summed E-state index contributed by atoms with van der Waals surface area (Å²) in [5.74, 6) is 0.426. The molecule has 0 bridgehead atoms. The van der Waals surface area contributed by atoms with Crippen LogP contribution in [0.2, 0.25) is 5.02 Å². The fourth-order valence-corrected chi connectivity index (χ4v) is 2.54. The van der Waals surface area contributed by atoms with Gasteiger partial charge in [-0.15, -0.1) is 0 Å². The summed E-state index contributed by atoms with van der Waals surface area (Å²) in [6.07, 6.45) is 4.11. The number of carbonyl (C=O) groups excluding carboxylic acids is 1. The summed E-state index contributed by atoms with van der Waals surface area (Å²) in [5, 5.41) is 16.4. The Hall–Kier alpha value is -2.59. The quantitative estimate of drug-likeness (QED) is 0.928. The number of aryl methyl sites for hydroxylation is 1. The molecule has 112 valence electrons. The predicted molar refractivity (Wildman–Crippen MR) is 81.6 cm³/mol. The van der Waals surface area contributed by atoms with E-state index in [-0.39, 0.29) is 17.6 Å². The minimum absolute atomic E-state index is 0.0387. The van der Waals surface area contributed by atoms with E-state index in [0.29, 0.717) is 23.8 Å². The van der Waals surface area contributed by atoms with Gasteiger partial charge in [-0.05, 0) is 18.6 Å². The lowest BCUT2D eigenvalue weighted by Gasteiger charge is -2.15. The van der Waals surface area contributed by atoms with Gasteiger partial charge in [-0.25, -0.2) is 4.98 Å². The van der Waals surface area contributed by atoms with Crippen molar-refractivity contribution >= 4 is 29.0 Å². The Kier molecular flexibility index (Phi) is 3.69. The third kappa shape index (κ3) is 2.61. The second kappa shape index (κ2) is 5.66. The Labute approximate surface area is 132 Å². The lowest BCUT2D eigenvalue weighted by atomic mass is 10.2. The summed E-state index contributed by atoms with van der Waals surface area (Å²) >= 11 is 5.85. The number of hydrogen-bond acceptors (Lipinski definition) is 5. The zero-order chi connectivity index (χ0) is 15.7. The fraction of sp³-hybridized carbons (Fsp3) is 0.286. The van der Waals surface area contributed by atoms with Crippen molar-refractivity contribution in [1.82, 2.24) is 14.8 Å². The number of hydrogen-bond donors (Lipinski definition) is 1. The molecule has 0 radical (unpaired) electrons. The van der Waals surface area contributed by atoms with Crippen molar-refractivity contribution in [3.8, 4) is 6.07 Å². The highest BCUT2D eigenvalue weighted by molar-refractivity contribution is 6.31. The van der Waals surface area contributed by atoms with Gasteiger partial charge in [-0.2, -0.15) is 10.4 Å². The number of nitrogens with zero attached hydrogens (tertiary/aromatic N) is 5. The van der Waals surface area contributed by atoms with E-state index in [4.69, 9.17) is 16.9 Å². The van der Waals surface area contributed by atoms with Crippen molar-refractivity contribution < 1.29 is 4.79 Å². The van der Waals surface area contributed by atoms with Crippen LogP contribution in [0.5, 0.6) is 0 Å². The molecule has 1 amide bonds. The van der Waals surface area contributed by atoms with Crippen LogP contribution in [0.4, 0.5) is 11.5 Å². The third-order valence-corrected chi connectivity index (χ3v) is 3.79. The van der Waals surface area contributed by atoms with Crippen LogP contribution in [0.25, 0.3) is 0 Å². The van der Waals surface area contributed by atoms with E-state index in [1.807, 2.05) is 6.07 Å². The summed E-state index contributed by atoms with van der Waals surface area (Å²) in [7, 11) is 1.81. The lowest BCUT2D eigenvalue weighted by molar-refractivity contribution is -0.117. The maximum absolute atomic E-state index is 12.4. The molecule has 7 nitrogen and oxygen atoms in total. The van der Waals surface area contributed by atoms with Gasteiger partial charge in [0, 0.05) is 19.8 Å². The Morgan fingerprint density at radius 1 is 1.50 bits per heavy atom. The number of nitriles is 1. The maximum atomic E-state index is 12.4. The summed E-state index contributed by atoms with van der Waals surface area (Å²) in [6.45, 7) is 0.612. The molecule has 2 aromatic rings. The fourth-order valence-electron chi connectivity index (χ4n) is 2.40. The molecule has 0 aromatic carbocycles. The zero-order valence-electron chi connectivity index (χ0n) is 11.8. The molecule has 22 heavy (non-hydrogen) atoms. The maximum Gasteiger partial charge on any atom is 0.249 e. The normalized spacial score (nSPS) is 17.6. The van der Waals surface area contributed by atoms with Crippen LogP contribution in [-0.4, -0.2) is 33.3 Å². The van der Waals surface area contributed by atoms with E-state index in [2.05, 4.69) is 15.4 Å². The SMILES string of the molecule is Cn1cc(N2CCC(Nc3ccc(Cl)c(C#N)n3)C2=O)cn1. The Morgan fingerprint density at radius 2 is 2.32 bits per heavy atom. The lowest BCUT2D eigenvalue weighted by Crippen LogP contribution is -2.33. The van der Waals surface area contributed by atoms with Crippen molar-refractivity contribution in [2.24, 2.45) is 7.05 Å². The molecule has 3 rings (SSSR count). The van der Waals surface area contributed by atoms with E-state index < -0.39 is 0 Å². The molecule has 1 N–H and O–H groups in total. The van der Waals surface area contributed by atoms with E-state index >= 15 is 0 Å². The number of carbonyl (C=O) groups is 1. The first kappa shape index (κ1) is 14.4. The highest BCUT2D eigenvalue weighted by atomic mass is 35.5. The highest BCUT2D eigenvalue weighted by Gasteiger charge is 2.33. The molecular weight excluding hydrogens is 304 g/mol. The molecular formula is C14H13ClN6O. The molecule has 1 atom stereocenters. The average molecular weight is 317 g/mol. The van der Waals surface area contributed by atoms with E-state index in [9.17, 15) is 4.79 Å². The average Bonchev–Trinajstić information content (AvgIpc) is 3.08. The molecule has 1 saturated heterocycles. The summed E-state index contributed by atoms with van der Waals surface area (Å²) in [5.41, 5.74) is 0.916. The van der Waals surface area contributed by atoms with Crippen molar-refractivity contribution in [2.45, 2.75) is 12.5 Å². The number of pyridine rings is 1. The zero-order valence-corrected chi connectivity index (χ0v) is 12.6. The minimum Gasteiger partial charge on any atom is -0.358 e. The number of nitrogens with one attached hydrogen (secondary N) is 1. The van der Waals surface area contributed by atoms with Gasteiger partial charge in [-0.1, -0.05) is 11.6 Å². The Balaban J connectivity index is 1.75. The number of anilines is 2. The molecule has 2 aromatic heterocycles. The van der Waals surface area contributed by atoms with Crippen molar-refractivity contribution in [1.29, 1.82) is 5.26 Å². The number of amides is 1. The molecule has 1 aliphatic rings. The van der Waals surface area contributed by atoms with Crippen LogP contribution in [0.3, 0.4) is 0 Å². The first-order chi connectivity index (χ1) is 10.6. The second-order valence-electron chi connectivity index (χ2n) is 4.99. The van der Waals surface area contributed by atoms with Crippen LogP contribution in [0, 0.1) is 11.3 Å². The molecule has 1 aliphatic heterocycles. The highest BCUT2D eigenvalue weighted by Crippen LogP contribution is 2.23. The summed E-state index contributed by atoms with van der Waals surface area (Å²) < 4.78 is 1.66. The van der Waals surface area contributed by atoms with Gasteiger partial charge in [0.1, 0.15) is 17.9 Å². The summed E-state index contributed by atoms with van der Waals surface area (Å²) in [4.78, 5) is 18.2. The summed E-state index contributed by atoms with van der Waals surface area (Å²) in [6, 6.07) is 4.79. The van der Waals surface area contributed by atoms with Gasteiger partial charge >= 0.3 is 0 Å². The molecule has 1 fully saturated rings. The molecule has 0 aliphatic carbocycles. The van der Waals surface area contributed by atoms with E-state index in [1.165, 1.54) is 0 Å². The second-order valence-corrected chi connectivity index (χ2v) is 5.39. The Morgan fingerprint density at radius 3 is 3.00 bits per heavy atom. The van der Waals surface area contributed by atoms with Crippen LogP contribution < -0.4 is 10.2 Å². The smallest absolute Gasteiger partial charge is 0.249 e. The molecule has 0 spiro atoms. The monoisotopic (exact) mass is 316 g/mol. The number of halogens is 1. The largest absolute Gasteiger partial charge is 0.358 e. The number of rotatable bonds is 3. The van der Waals surface area contributed by atoms with Crippen molar-refractivity contribution in [2.75, 3.05) is 16.8 Å².